The Morgan fingerprint density at radius 3 is 2.60 bits per heavy atom. The molecule has 2 aromatic heterocycles. The lowest BCUT2D eigenvalue weighted by molar-refractivity contribution is 0.257. The number of aromatic nitrogens is 5. The van der Waals surface area contributed by atoms with E-state index in [0.29, 0.717) is 35.2 Å². The number of benzene rings is 3. The van der Waals surface area contributed by atoms with Gasteiger partial charge in [0, 0.05) is 49.3 Å². The first kappa shape index (κ1) is 25.5. The first-order valence-electron chi connectivity index (χ1n) is 13.3. The van der Waals surface area contributed by atoms with Gasteiger partial charge in [0.15, 0.2) is 11.5 Å². The molecule has 3 aromatic carbocycles. The Morgan fingerprint density at radius 1 is 0.925 bits per heavy atom. The molecule has 202 valence electrons. The van der Waals surface area contributed by atoms with Crippen LogP contribution < -0.4 is 15.2 Å². The minimum Gasteiger partial charge on any atom is -0.493 e. The Balaban J connectivity index is 1.12. The first-order chi connectivity index (χ1) is 19.7. The van der Waals surface area contributed by atoms with Crippen LogP contribution in [0.2, 0.25) is 0 Å². The van der Waals surface area contributed by atoms with Gasteiger partial charge in [-0.15, -0.1) is 15.0 Å². The van der Waals surface area contributed by atoms with Crippen molar-refractivity contribution in [2.75, 3.05) is 25.9 Å². The van der Waals surface area contributed by atoms with Gasteiger partial charge >= 0.3 is 0 Å². The summed E-state index contributed by atoms with van der Waals surface area (Å²) in [6.45, 7) is 3.46. The van der Waals surface area contributed by atoms with Gasteiger partial charge in [-0.2, -0.15) is 0 Å². The highest BCUT2D eigenvalue weighted by Crippen LogP contribution is 2.36. The van der Waals surface area contributed by atoms with Crippen molar-refractivity contribution in [3.8, 4) is 28.6 Å². The number of nitrogens with two attached hydrogens (primary N) is 1. The SMILES string of the molecule is COc1cc(N)c(-c2nnn(-c3ccc(CCN4CCc5cnccc5C4)cc3)n2)cc1OCc1ccccc1. The monoisotopic (exact) mass is 533 g/mol. The third kappa shape index (κ3) is 5.64. The van der Waals surface area contributed by atoms with E-state index in [2.05, 4.69) is 43.5 Å². The van der Waals surface area contributed by atoms with E-state index in [9.17, 15) is 0 Å². The van der Waals surface area contributed by atoms with Gasteiger partial charge in [0.1, 0.15) is 6.61 Å². The van der Waals surface area contributed by atoms with Crippen LogP contribution >= 0.6 is 0 Å². The zero-order valence-electron chi connectivity index (χ0n) is 22.4. The molecule has 3 heterocycles. The van der Waals surface area contributed by atoms with Gasteiger partial charge in [0.05, 0.1) is 12.8 Å². The fourth-order valence-corrected chi connectivity index (χ4v) is 4.92. The van der Waals surface area contributed by atoms with Crippen molar-refractivity contribution in [1.82, 2.24) is 30.1 Å². The van der Waals surface area contributed by atoms with Crippen LogP contribution in [0, 0.1) is 0 Å². The largest absolute Gasteiger partial charge is 0.493 e. The summed E-state index contributed by atoms with van der Waals surface area (Å²) < 4.78 is 11.5. The molecule has 2 N–H and O–H groups in total. The molecule has 0 aliphatic carbocycles. The lowest BCUT2D eigenvalue weighted by atomic mass is 10.0. The molecule has 0 saturated carbocycles. The van der Waals surface area contributed by atoms with Crippen LogP contribution in [0.15, 0.2) is 85.2 Å². The van der Waals surface area contributed by atoms with Crippen molar-refractivity contribution in [2.24, 2.45) is 0 Å². The summed E-state index contributed by atoms with van der Waals surface area (Å²) >= 11 is 0. The van der Waals surface area contributed by atoms with Crippen molar-refractivity contribution >= 4 is 5.69 Å². The van der Waals surface area contributed by atoms with Crippen molar-refractivity contribution in [3.63, 3.8) is 0 Å². The van der Waals surface area contributed by atoms with E-state index in [4.69, 9.17) is 15.2 Å². The second kappa shape index (κ2) is 11.5. The number of ether oxygens (including phenoxy) is 2. The standard InChI is InChI=1S/C31H31N7O2/c1-39-29-18-28(32)27(17-30(29)40-21-23-5-3-2-4-6-23)31-34-36-38(35-31)26-9-7-22(8-10-26)12-15-37-16-13-24-19-33-14-11-25(24)20-37/h2-11,14,17-19H,12-13,15-16,20-21,32H2,1H3. The Hall–Kier alpha value is -4.76. The Labute approximate surface area is 233 Å². The summed E-state index contributed by atoms with van der Waals surface area (Å²) in [6, 6.07) is 23.9. The van der Waals surface area contributed by atoms with Crippen LogP contribution in [0.25, 0.3) is 17.1 Å². The maximum atomic E-state index is 6.33. The van der Waals surface area contributed by atoms with Crippen molar-refractivity contribution in [2.45, 2.75) is 26.0 Å². The Kier molecular flexibility index (Phi) is 7.37. The first-order valence-corrected chi connectivity index (χ1v) is 13.3. The van der Waals surface area contributed by atoms with Crippen LogP contribution in [-0.4, -0.2) is 50.3 Å². The zero-order chi connectivity index (χ0) is 27.3. The van der Waals surface area contributed by atoms with E-state index in [1.807, 2.05) is 54.9 Å². The number of methoxy groups -OCH3 is 1. The van der Waals surface area contributed by atoms with Crippen molar-refractivity contribution < 1.29 is 9.47 Å². The minimum absolute atomic E-state index is 0.398. The van der Waals surface area contributed by atoms with Gasteiger partial charge in [0.25, 0.3) is 0 Å². The highest BCUT2D eigenvalue weighted by molar-refractivity contribution is 5.75. The van der Waals surface area contributed by atoms with Crippen LogP contribution in [-0.2, 0) is 26.0 Å². The predicted molar refractivity (Wildman–Crippen MR) is 153 cm³/mol. The second-order valence-electron chi connectivity index (χ2n) is 9.85. The second-order valence-corrected chi connectivity index (χ2v) is 9.85. The minimum atomic E-state index is 0.398. The van der Waals surface area contributed by atoms with Crippen molar-refractivity contribution in [3.05, 3.63) is 107 Å². The molecule has 1 aliphatic rings. The van der Waals surface area contributed by atoms with E-state index in [1.54, 1.807) is 19.2 Å². The quantitative estimate of drug-likeness (QED) is 0.276. The fraction of sp³-hybridized carbons (Fsp3) is 0.226. The summed E-state index contributed by atoms with van der Waals surface area (Å²) in [7, 11) is 1.59. The fourth-order valence-electron chi connectivity index (χ4n) is 4.92. The maximum Gasteiger partial charge on any atom is 0.207 e. The maximum absolute atomic E-state index is 6.33. The Morgan fingerprint density at radius 2 is 1.77 bits per heavy atom. The molecule has 0 amide bonds. The molecule has 0 fully saturated rings. The molecule has 0 spiro atoms. The zero-order valence-corrected chi connectivity index (χ0v) is 22.4. The van der Waals surface area contributed by atoms with E-state index >= 15 is 0 Å². The number of tetrazole rings is 1. The topological polar surface area (TPSA) is 104 Å². The molecule has 40 heavy (non-hydrogen) atoms. The highest BCUT2D eigenvalue weighted by atomic mass is 16.5. The van der Waals surface area contributed by atoms with Gasteiger partial charge in [-0.1, -0.05) is 42.5 Å². The Bertz CT molecular complexity index is 1590. The number of anilines is 1. The third-order valence-corrected chi connectivity index (χ3v) is 7.21. The molecule has 0 bridgehead atoms. The predicted octanol–water partition coefficient (Wildman–Crippen LogP) is 4.49. The van der Waals surface area contributed by atoms with E-state index in [0.717, 1.165) is 43.7 Å². The molecular formula is C31H31N7O2. The number of fused-ring (bicyclic) bond motifs is 1. The summed E-state index contributed by atoms with van der Waals surface area (Å²) in [6.07, 6.45) is 5.91. The molecule has 1 aliphatic heterocycles. The average molecular weight is 534 g/mol. The molecule has 0 radical (unpaired) electrons. The molecule has 5 aromatic rings. The molecule has 6 rings (SSSR count). The molecule has 0 unspecified atom stereocenters. The van der Waals surface area contributed by atoms with Gasteiger partial charge in [0.2, 0.25) is 5.82 Å². The molecule has 0 saturated heterocycles. The van der Waals surface area contributed by atoms with Gasteiger partial charge in [-0.25, -0.2) is 0 Å². The number of nitrogen functional groups attached to an aromatic ring is 1. The van der Waals surface area contributed by atoms with Crippen LogP contribution in [0.3, 0.4) is 0 Å². The summed E-state index contributed by atoms with van der Waals surface area (Å²) in [5, 5.41) is 13.1. The van der Waals surface area contributed by atoms with Gasteiger partial charge in [-0.3, -0.25) is 9.88 Å². The van der Waals surface area contributed by atoms with Crippen LogP contribution in [0.5, 0.6) is 11.5 Å². The smallest absolute Gasteiger partial charge is 0.207 e. The summed E-state index contributed by atoms with van der Waals surface area (Å²) in [5.41, 5.74) is 13.3. The van der Waals surface area contributed by atoms with Crippen LogP contribution in [0.1, 0.15) is 22.3 Å². The highest BCUT2D eigenvalue weighted by Gasteiger charge is 2.17. The molecular weight excluding hydrogens is 502 g/mol. The number of rotatable bonds is 9. The lowest BCUT2D eigenvalue weighted by Gasteiger charge is -2.28. The molecule has 0 atom stereocenters. The van der Waals surface area contributed by atoms with Gasteiger partial charge in [-0.05, 0) is 64.6 Å². The summed E-state index contributed by atoms with van der Waals surface area (Å²) in [5.74, 6) is 1.52. The van der Waals surface area contributed by atoms with Crippen LogP contribution in [0.4, 0.5) is 5.69 Å². The number of nitrogens with zero attached hydrogens (tertiary/aromatic N) is 6. The van der Waals surface area contributed by atoms with E-state index in [-0.39, 0.29) is 0 Å². The number of hydrogen-bond acceptors (Lipinski definition) is 8. The van der Waals surface area contributed by atoms with Gasteiger partial charge < -0.3 is 15.2 Å². The molecule has 9 heteroatoms. The number of pyridine rings is 1. The lowest BCUT2D eigenvalue weighted by Crippen LogP contribution is -2.32. The van der Waals surface area contributed by atoms with E-state index in [1.165, 1.54) is 21.5 Å². The van der Waals surface area contributed by atoms with E-state index < -0.39 is 0 Å². The third-order valence-electron chi connectivity index (χ3n) is 7.21. The molecule has 9 nitrogen and oxygen atoms in total. The van der Waals surface area contributed by atoms with Crippen molar-refractivity contribution in [1.29, 1.82) is 0 Å². The average Bonchev–Trinajstić information content (AvgIpc) is 3.50. The normalized spacial score (nSPS) is 13.1. The number of hydrogen-bond donors (Lipinski definition) is 1. The summed E-state index contributed by atoms with van der Waals surface area (Å²) in [4.78, 5) is 8.26.